The van der Waals surface area contributed by atoms with Crippen LogP contribution in [0.1, 0.15) is 11.1 Å². The molecule has 0 heterocycles. The van der Waals surface area contributed by atoms with E-state index in [4.69, 9.17) is 4.74 Å². The van der Waals surface area contributed by atoms with Gasteiger partial charge in [0.1, 0.15) is 18.2 Å². The van der Waals surface area contributed by atoms with E-state index < -0.39 is 18.4 Å². The fourth-order valence-electron chi connectivity index (χ4n) is 1.87. The third kappa shape index (κ3) is 4.66. The zero-order chi connectivity index (χ0) is 16.8. The molecule has 2 rings (SSSR count). The van der Waals surface area contributed by atoms with E-state index >= 15 is 0 Å². The minimum absolute atomic E-state index is 0.293. The van der Waals surface area contributed by atoms with Crippen molar-refractivity contribution in [1.29, 1.82) is 5.26 Å². The molecule has 0 aliphatic carbocycles. The number of hydrogen-bond acceptors (Lipinski definition) is 4. The van der Waals surface area contributed by atoms with Gasteiger partial charge in [-0.05, 0) is 42.0 Å². The Kier molecular flexibility index (Phi) is 5.50. The second-order valence-electron chi connectivity index (χ2n) is 4.52. The smallest absolute Gasteiger partial charge is 0.128 e. The summed E-state index contributed by atoms with van der Waals surface area (Å²) in [6.45, 7) is -0.596. The first-order valence-electron chi connectivity index (χ1n) is 6.49. The Labute approximate surface area is 140 Å². The number of carbonyl (C=O) groups excluding carboxylic acids is 1. The quantitative estimate of drug-likeness (QED) is 0.595. The minimum Gasteiger partial charge on any atom is -0.546 e. The van der Waals surface area contributed by atoms with Crippen LogP contribution in [-0.4, -0.2) is 12.6 Å². The maximum absolute atomic E-state index is 13.0. The number of aliphatic carboxylic acids is 1. The number of rotatable bonds is 5. The van der Waals surface area contributed by atoms with E-state index in [2.05, 4.69) is 15.9 Å². The lowest BCUT2D eigenvalue weighted by Gasteiger charge is -2.11. The highest BCUT2D eigenvalue weighted by Gasteiger charge is 2.07. The molecule has 0 aromatic heterocycles. The summed E-state index contributed by atoms with van der Waals surface area (Å²) < 4.78 is 18.9. The number of ether oxygens (including phenoxy) is 1. The molecule has 6 heteroatoms. The largest absolute Gasteiger partial charge is 0.546 e. The lowest BCUT2D eigenvalue weighted by Crippen LogP contribution is -2.29. The zero-order valence-corrected chi connectivity index (χ0v) is 13.3. The maximum atomic E-state index is 13.0. The number of nitriles is 1. The third-order valence-corrected chi connectivity index (χ3v) is 3.39. The molecule has 0 bridgehead atoms. The lowest BCUT2D eigenvalue weighted by atomic mass is 10.0. The van der Waals surface area contributed by atoms with Crippen molar-refractivity contribution in [2.24, 2.45) is 0 Å². The van der Waals surface area contributed by atoms with Crippen molar-refractivity contribution in [3.63, 3.8) is 0 Å². The molecule has 2 aromatic carbocycles. The fourth-order valence-corrected chi connectivity index (χ4v) is 2.24. The Morgan fingerprint density at radius 3 is 2.61 bits per heavy atom. The summed E-state index contributed by atoms with van der Waals surface area (Å²) in [6.07, 6.45) is 1.54. The van der Waals surface area contributed by atoms with Crippen LogP contribution in [0.5, 0.6) is 5.75 Å². The van der Waals surface area contributed by atoms with E-state index in [1.165, 1.54) is 24.3 Å². The van der Waals surface area contributed by atoms with E-state index in [9.17, 15) is 19.6 Å². The average Bonchev–Trinajstić information content (AvgIpc) is 2.52. The SMILES string of the molecule is N#C/C(=C\c1cc(Br)ccc1OCC(=O)[O-])c1ccc(F)cc1. The van der Waals surface area contributed by atoms with Gasteiger partial charge in [-0.15, -0.1) is 0 Å². The minimum atomic E-state index is -1.35. The number of allylic oxidation sites excluding steroid dienone is 1. The number of carbonyl (C=O) groups is 1. The summed E-state index contributed by atoms with van der Waals surface area (Å²) in [4.78, 5) is 10.5. The van der Waals surface area contributed by atoms with Crippen molar-refractivity contribution in [3.8, 4) is 11.8 Å². The monoisotopic (exact) mass is 374 g/mol. The van der Waals surface area contributed by atoms with Gasteiger partial charge in [0.05, 0.1) is 17.6 Å². The molecule has 0 spiro atoms. The summed E-state index contributed by atoms with van der Waals surface area (Å²) >= 11 is 3.31. The summed E-state index contributed by atoms with van der Waals surface area (Å²) in [5.41, 5.74) is 1.35. The molecule has 0 aliphatic rings. The fraction of sp³-hybridized carbons (Fsp3) is 0.0588. The van der Waals surface area contributed by atoms with Crippen LogP contribution in [-0.2, 0) is 4.79 Å². The van der Waals surface area contributed by atoms with Crippen molar-refractivity contribution in [2.75, 3.05) is 6.61 Å². The number of nitrogens with zero attached hydrogens (tertiary/aromatic N) is 1. The number of benzene rings is 2. The first kappa shape index (κ1) is 16.7. The number of carboxylic acids is 1. The molecular weight excluding hydrogens is 365 g/mol. The third-order valence-electron chi connectivity index (χ3n) is 2.89. The van der Waals surface area contributed by atoms with Crippen molar-refractivity contribution in [3.05, 3.63) is 63.9 Å². The molecule has 0 radical (unpaired) electrons. The Morgan fingerprint density at radius 2 is 2.00 bits per heavy atom. The van der Waals surface area contributed by atoms with Crippen LogP contribution in [0.15, 0.2) is 46.9 Å². The van der Waals surface area contributed by atoms with Gasteiger partial charge >= 0.3 is 0 Å². The standard InChI is InChI=1S/C17H11BrFNO3/c18-14-3-6-16(23-10-17(21)22)12(8-14)7-13(9-20)11-1-4-15(19)5-2-11/h1-8H,10H2,(H,21,22)/p-1/b13-7+. The number of hydrogen-bond donors (Lipinski definition) is 0. The highest BCUT2D eigenvalue weighted by molar-refractivity contribution is 9.10. The van der Waals surface area contributed by atoms with Gasteiger partial charge in [-0.3, -0.25) is 0 Å². The highest BCUT2D eigenvalue weighted by atomic mass is 79.9. The molecular formula is C17H10BrFNO3-. The van der Waals surface area contributed by atoms with Gasteiger partial charge in [-0.2, -0.15) is 5.26 Å². The predicted octanol–water partition coefficient (Wildman–Crippen LogP) is 2.78. The van der Waals surface area contributed by atoms with Crippen LogP contribution in [0, 0.1) is 17.1 Å². The van der Waals surface area contributed by atoms with Crippen LogP contribution in [0.3, 0.4) is 0 Å². The second kappa shape index (κ2) is 7.56. The van der Waals surface area contributed by atoms with Crippen LogP contribution in [0.4, 0.5) is 4.39 Å². The van der Waals surface area contributed by atoms with Gasteiger partial charge in [0.2, 0.25) is 0 Å². The molecule has 0 fully saturated rings. The topological polar surface area (TPSA) is 73.1 Å². The normalized spacial score (nSPS) is 10.9. The first-order chi connectivity index (χ1) is 11.0. The zero-order valence-electron chi connectivity index (χ0n) is 11.8. The predicted molar refractivity (Wildman–Crippen MR) is 84.5 cm³/mol. The summed E-state index contributed by atoms with van der Waals surface area (Å²) in [5.74, 6) is -1.44. The van der Waals surface area contributed by atoms with E-state index in [1.807, 2.05) is 6.07 Å². The van der Waals surface area contributed by atoms with E-state index in [-0.39, 0.29) is 0 Å². The van der Waals surface area contributed by atoms with Gasteiger partial charge < -0.3 is 14.6 Å². The summed E-state index contributed by atoms with van der Waals surface area (Å²) in [6, 6.07) is 12.5. The highest BCUT2D eigenvalue weighted by Crippen LogP contribution is 2.28. The molecule has 0 amide bonds. The van der Waals surface area contributed by atoms with Gasteiger partial charge in [0.25, 0.3) is 0 Å². The Hall–Kier alpha value is -2.65. The Morgan fingerprint density at radius 1 is 1.30 bits per heavy atom. The molecule has 0 N–H and O–H groups in total. The van der Waals surface area contributed by atoms with Gasteiger partial charge in [-0.1, -0.05) is 28.1 Å². The lowest BCUT2D eigenvalue weighted by molar-refractivity contribution is -0.307. The van der Waals surface area contributed by atoms with Crippen LogP contribution in [0.25, 0.3) is 11.6 Å². The van der Waals surface area contributed by atoms with Crippen LogP contribution in [0.2, 0.25) is 0 Å². The first-order valence-corrected chi connectivity index (χ1v) is 7.29. The molecule has 116 valence electrons. The Balaban J connectivity index is 2.42. The van der Waals surface area contributed by atoms with E-state index in [0.717, 1.165) is 4.47 Å². The molecule has 0 saturated heterocycles. The van der Waals surface area contributed by atoms with Crippen molar-refractivity contribution in [2.45, 2.75) is 0 Å². The van der Waals surface area contributed by atoms with Crippen LogP contribution < -0.4 is 9.84 Å². The molecule has 0 aliphatic heterocycles. The molecule has 23 heavy (non-hydrogen) atoms. The number of halogens is 2. The van der Waals surface area contributed by atoms with E-state index in [1.54, 1.807) is 24.3 Å². The average molecular weight is 375 g/mol. The van der Waals surface area contributed by atoms with Gasteiger partial charge in [0, 0.05) is 10.0 Å². The van der Waals surface area contributed by atoms with Crippen LogP contribution >= 0.6 is 15.9 Å². The van der Waals surface area contributed by atoms with Crippen molar-refractivity contribution >= 4 is 33.5 Å². The van der Waals surface area contributed by atoms with E-state index in [0.29, 0.717) is 22.4 Å². The summed E-state index contributed by atoms with van der Waals surface area (Å²) in [5, 5.41) is 19.9. The van der Waals surface area contributed by atoms with Gasteiger partial charge in [-0.25, -0.2) is 4.39 Å². The van der Waals surface area contributed by atoms with Crippen molar-refractivity contribution in [1.82, 2.24) is 0 Å². The summed E-state index contributed by atoms with van der Waals surface area (Å²) in [7, 11) is 0. The second-order valence-corrected chi connectivity index (χ2v) is 5.44. The van der Waals surface area contributed by atoms with Crippen molar-refractivity contribution < 1.29 is 19.0 Å². The number of carboxylic acid groups (broad SMARTS) is 1. The van der Waals surface area contributed by atoms with Gasteiger partial charge in [0.15, 0.2) is 0 Å². The molecule has 0 atom stereocenters. The maximum Gasteiger partial charge on any atom is 0.128 e. The molecule has 0 unspecified atom stereocenters. The molecule has 4 nitrogen and oxygen atoms in total. The Bertz CT molecular complexity index is 794. The molecule has 0 saturated carbocycles. The molecule has 2 aromatic rings.